The summed E-state index contributed by atoms with van der Waals surface area (Å²) in [6.45, 7) is 0. The lowest BCUT2D eigenvalue weighted by Gasteiger charge is -2.14. The highest BCUT2D eigenvalue weighted by Crippen LogP contribution is 2.19. The van der Waals surface area contributed by atoms with E-state index in [0.717, 1.165) is 0 Å². The number of hydrogen-bond acceptors (Lipinski definition) is 1. The minimum atomic E-state index is -0.777. The third kappa shape index (κ3) is 1.03. The molecule has 0 saturated carbocycles. The minimum absolute atomic E-state index is 0.160. The molecule has 60 valence electrons. The van der Waals surface area contributed by atoms with Crippen LogP contribution < -0.4 is 0 Å². The molecule has 3 heteroatoms. The molecule has 0 radical (unpaired) electrons. The Bertz CT molecular complexity index is 350. The normalized spacial score (nSPS) is 26.4. The Morgan fingerprint density at radius 1 is 1.42 bits per heavy atom. The third-order valence-corrected chi connectivity index (χ3v) is 1.80. The first-order valence-electron chi connectivity index (χ1n) is 3.62. The number of nitrogens with zero attached hydrogens (tertiary/aromatic N) is 1. The molecule has 0 aromatic rings. The maximum absolute atomic E-state index is 12.7. The van der Waals surface area contributed by atoms with Gasteiger partial charge in [0.15, 0.2) is 5.83 Å². The number of amides is 1. The van der Waals surface area contributed by atoms with Gasteiger partial charge in [-0.2, -0.15) is 0 Å². The van der Waals surface area contributed by atoms with Crippen molar-refractivity contribution >= 4 is 11.6 Å². The fourth-order valence-electron chi connectivity index (χ4n) is 1.20. The zero-order chi connectivity index (χ0) is 8.55. The molecule has 1 atom stereocenters. The molecule has 1 amide bonds. The first-order chi connectivity index (χ1) is 5.77. The minimum Gasteiger partial charge on any atom is -0.264 e. The standard InChI is InChI=1S/C9H6FNO/c10-7-5-6-3-1-2-4-8(6)11-9(7)12/h1-6H. The van der Waals surface area contributed by atoms with Crippen molar-refractivity contribution in [3.63, 3.8) is 0 Å². The van der Waals surface area contributed by atoms with Crippen molar-refractivity contribution in [2.75, 3.05) is 0 Å². The monoisotopic (exact) mass is 163 g/mol. The van der Waals surface area contributed by atoms with Crippen LogP contribution in [0.3, 0.4) is 0 Å². The van der Waals surface area contributed by atoms with Gasteiger partial charge in [-0.15, -0.1) is 0 Å². The summed E-state index contributed by atoms with van der Waals surface area (Å²) in [6, 6.07) is 0. The lowest BCUT2D eigenvalue weighted by atomic mass is 9.96. The van der Waals surface area contributed by atoms with Crippen LogP contribution in [0.4, 0.5) is 4.39 Å². The van der Waals surface area contributed by atoms with E-state index in [4.69, 9.17) is 0 Å². The number of allylic oxidation sites excluding steroid dienone is 5. The summed E-state index contributed by atoms with van der Waals surface area (Å²) in [7, 11) is 0. The summed E-state index contributed by atoms with van der Waals surface area (Å²) in [4.78, 5) is 14.3. The van der Waals surface area contributed by atoms with E-state index in [1.54, 1.807) is 18.2 Å². The number of aliphatic imine (C=N–C) groups is 1. The first-order valence-corrected chi connectivity index (χ1v) is 3.62. The molecule has 0 spiro atoms. The summed E-state index contributed by atoms with van der Waals surface area (Å²) in [5, 5.41) is 0. The fourth-order valence-corrected chi connectivity index (χ4v) is 1.20. The van der Waals surface area contributed by atoms with Crippen LogP contribution in [0.25, 0.3) is 0 Å². The van der Waals surface area contributed by atoms with Crippen molar-refractivity contribution in [1.82, 2.24) is 0 Å². The Labute approximate surface area is 68.8 Å². The van der Waals surface area contributed by atoms with E-state index in [2.05, 4.69) is 4.99 Å². The lowest BCUT2D eigenvalue weighted by molar-refractivity contribution is -0.115. The van der Waals surface area contributed by atoms with Crippen molar-refractivity contribution in [3.8, 4) is 0 Å². The molecule has 1 aliphatic carbocycles. The predicted molar refractivity (Wildman–Crippen MR) is 43.4 cm³/mol. The molecule has 2 nitrogen and oxygen atoms in total. The van der Waals surface area contributed by atoms with E-state index in [1.807, 2.05) is 6.08 Å². The fraction of sp³-hybridized carbons (Fsp3) is 0.111. The number of carbonyl (C=O) groups excluding carboxylic acids is 1. The van der Waals surface area contributed by atoms with Gasteiger partial charge in [-0.1, -0.05) is 18.2 Å². The van der Waals surface area contributed by atoms with Crippen molar-refractivity contribution < 1.29 is 9.18 Å². The summed E-state index contributed by atoms with van der Waals surface area (Å²) in [5.41, 5.74) is 0.615. The molecule has 0 aromatic carbocycles. The topological polar surface area (TPSA) is 29.4 Å². The van der Waals surface area contributed by atoms with Crippen molar-refractivity contribution in [3.05, 3.63) is 36.2 Å². The van der Waals surface area contributed by atoms with E-state index >= 15 is 0 Å². The molecule has 1 unspecified atom stereocenters. The molecule has 0 saturated heterocycles. The summed E-state index contributed by atoms with van der Waals surface area (Å²) in [6.07, 6.45) is 8.38. The van der Waals surface area contributed by atoms with Crippen LogP contribution in [0.2, 0.25) is 0 Å². The second-order valence-electron chi connectivity index (χ2n) is 2.63. The quantitative estimate of drug-likeness (QED) is 0.532. The highest BCUT2D eigenvalue weighted by atomic mass is 19.1. The van der Waals surface area contributed by atoms with Gasteiger partial charge in [-0.05, 0) is 12.2 Å². The Kier molecular flexibility index (Phi) is 1.50. The first kappa shape index (κ1) is 7.16. The molecule has 0 N–H and O–H groups in total. The van der Waals surface area contributed by atoms with Crippen LogP contribution in [-0.4, -0.2) is 11.6 Å². The average molecular weight is 163 g/mol. The van der Waals surface area contributed by atoms with E-state index in [1.165, 1.54) is 6.08 Å². The summed E-state index contributed by atoms with van der Waals surface area (Å²) >= 11 is 0. The maximum atomic E-state index is 12.7. The number of dihydropyridines is 1. The summed E-state index contributed by atoms with van der Waals surface area (Å²) in [5.74, 6) is -1.70. The predicted octanol–water partition coefficient (Wildman–Crippen LogP) is 1.56. The molecule has 0 aromatic heterocycles. The van der Waals surface area contributed by atoms with Gasteiger partial charge in [0.25, 0.3) is 0 Å². The number of carbonyl (C=O) groups is 1. The SMILES string of the molecule is O=C1N=C2C=CC=CC2C=C1F. The summed E-state index contributed by atoms with van der Waals surface area (Å²) < 4.78 is 12.7. The molecule has 12 heavy (non-hydrogen) atoms. The molecular formula is C9H6FNO. The van der Waals surface area contributed by atoms with Gasteiger partial charge in [0.1, 0.15) is 0 Å². The van der Waals surface area contributed by atoms with Gasteiger partial charge in [0.2, 0.25) is 0 Å². The number of halogens is 1. The average Bonchev–Trinajstić information content (AvgIpc) is 2.07. The van der Waals surface area contributed by atoms with Crippen molar-refractivity contribution in [2.24, 2.45) is 10.9 Å². The Morgan fingerprint density at radius 3 is 3.08 bits per heavy atom. The van der Waals surface area contributed by atoms with Gasteiger partial charge in [-0.3, -0.25) is 4.79 Å². The number of fused-ring (bicyclic) bond motifs is 1. The molecule has 1 heterocycles. The number of rotatable bonds is 0. The number of hydrogen-bond donors (Lipinski definition) is 0. The highest BCUT2D eigenvalue weighted by Gasteiger charge is 2.21. The highest BCUT2D eigenvalue weighted by molar-refractivity contribution is 6.12. The maximum Gasteiger partial charge on any atom is 0.305 e. The second kappa shape index (κ2) is 2.52. The Morgan fingerprint density at radius 2 is 2.25 bits per heavy atom. The Hall–Kier alpha value is -1.51. The van der Waals surface area contributed by atoms with Gasteiger partial charge < -0.3 is 0 Å². The molecular weight excluding hydrogens is 157 g/mol. The zero-order valence-electron chi connectivity index (χ0n) is 6.20. The third-order valence-electron chi connectivity index (χ3n) is 1.80. The van der Waals surface area contributed by atoms with E-state index in [0.29, 0.717) is 5.71 Å². The lowest BCUT2D eigenvalue weighted by Crippen LogP contribution is -2.17. The van der Waals surface area contributed by atoms with Crippen LogP contribution in [0.5, 0.6) is 0 Å². The van der Waals surface area contributed by atoms with Gasteiger partial charge in [-0.25, -0.2) is 9.38 Å². The van der Waals surface area contributed by atoms with E-state index in [9.17, 15) is 9.18 Å². The van der Waals surface area contributed by atoms with Gasteiger partial charge in [0.05, 0.1) is 5.71 Å². The van der Waals surface area contributed by atoms with Crippen LogP contribution in [-0.2, 0) is 4.79 Å². The van der Waals surface area contributed by atoms with E-state index < -0.39 is 11.7 Å². The van der Waals surface area contributed by atoms with Gasteiger partial charge in [0, 0.05) is 5.92 Å². The molecule has 0 fully saturated rings. The van der Waals surface area contributed by atoms with Crippen molar-refractivity contribution in [2.45, 2.75) is 0 Å². The molecule has 0 bridgehead atoms. The smallest absolute Gasteiger partial charge is 0.264 e. The van der Waals surface area contributed by atoms with Crippen molar-refractivity contribution in [1.29, 1.82) is 0 Å². The zero-order valence-corrected chi connectivity index (χ0v) is 6.20. The Balaban J connectivity index is 2.41. The molecule has 2 aliphatic rings. The molecule has 1 aliphatic heterocycles. The van der Waals surface area contributed by atoms with Gasteiger partial charge >= 0.3 is 5.91 Å². The van der Waals surface area contributed by atoms with E-state index in [-0.39, 0.29) is 5.92 Å². The van der Waals surface area contributed by atoms with Crippen LogP contribution in [0, 0.1) is 5.92 Å². The van der Waals surface area contributed by atoms with Crippen LogP contribution in [0.1, 0.15) is 0 Å². The van der Waals surface area contributed by atoms with Crippen LogP contribution in [0.15, 0.2) is 41.2 Å². The molecule has 2 rings (SSSR count). The second-order valence-corrected chi connectivity index (χ2v) is 2.63. The largest absolute Gasteiger partial charge is 0.305 e. The van der Waals surface area contributed by atoms with Crippen LogP contribution >= 0.6 is 0 Å².